The summed E-state index contributed by atoms with van der Waals surface area (Å²) in [5.41, 5.74) is 2.73. The highest BCUT2D eigenvalue weighted by molar-refractivity contribution is 9.11. The first kappa shape index (κ1) is 26.7. The Bertz CT molecular complexity index is 1290. The molecule has 0 saturated carbocycles. The molecule has 37 heavy (non-hydrogen) atoms. The Balaban J connectivity index is 1.56. The van der Waals surface area contributed by atoms with Crippen molar-refractivity contribution >= 4 is 55.0 Å². The van der Waals surface area contributed by atoms with E-state index in [0.29, 0.717) is 65.7 Å². The number of allylic oxidation sites excluding steroid dienone is 4. The van der Waals surface area contributed by atoms with Gasteiger partial charge >= 0.3 is 0 Å². The predicted molar refractivity (Wildman–Crippen MR) is 152 cm³/mol. The van der Waals surface area contributed by atoms with Gasteiger partial charge in [0, 0.05) is 47.8 Å². The Labute approximate surface area is 239 Å². The lowest BCUT2D eigenvalue weighted by atomic mass is 9.65. The lowest BCUT2D eigenvalue weighted by Crippen LogP contribution is -2.37. The Kier molecular flexibility index (Phi) is 7.00. The highest BCUT2D eigenvalue weighted by Crippen LogP contribution is 2.54. The van der Waals surface area contributed by atoms with Crippen LogP contribution >= 0.6 is 43.5 Å². The third kappa shape index (κ3) is 5.35. The molecule has 0 bridgehead atoms. The van der Waals surface area contributed by atoms with Gasteiger partial charge in [0.2, 0.25) is 0 Å². The van der Waals surface area contributed by atoms with E-state index >= 15 is 0 Å². The van der Waals surface area contributed by atoms with Gasteiger partial charge in [0.05, 0.1) is 8.95 Å². The van der Waals surface area contributed by atoms with Gasteiger partial charge in [-0.25, -0.2) is 0 Å². The molecule has 194 valence electrons. The first-order valence-electron chi connectivity index (χ1n) is 12.4. The molecule has 0 atom stereocenters. The molecule has 1 heterocycles. The molecule has 0 fully saturated rings. The minimum atomic E-state index is -0.455. The summed E-state index contributed by atoms with van der Waals surface area (Å²) in [5.74, 6) is 1.73. The van der Waals surface area contributed by atoms with E-state index in [4.69, 9.17) is 21.1 Å². The Morgan fingerprint density at radius 3 is 1.84 bits per heavy atom. The SMILES string of the molecule is CC1(C)CC(=O)C2=C(C1)OC1=C(C(=O)CC(C)(C)C1)C2c1cc(Br)c(OCc2ccc(Cl)cc2)c(Br)c1. The van der Waals surface area contributed by atoms with Crippen LogP contribution in [0.1, 0.15) is 70.4 Å². The van der Waals surface area contributed by atoms with Crippen LogP contribution in [0.3, 0.4) is 0 Å². The van der Waals surface area contributed by atoms with Crippen LogP contribution in [0, 0.1) is 10.8 Å². The van der Waals surface area contributed by atoms with E-state index in [2.05, 4.69) is 59.6 Å². The van der Waals surface area contributed by atoms with Crippen molar-refractivity contribution in [3.05, 3.63) is 84.2 Å². The lowest BCUT2D eigenvalue weighted by molar-refractivity contribution is -0.120. The summed E-state index contributed by atoms with van der Waals surface area (Å²) >= 11 is 13.4. The zero-order chi connectivity index (χ0) is 26.7. The second kappa shape index (κ2) is 9.69. The molecular formula is C30H29Br2ClO4. The van der Waals surface area contributed by atoms with Crippen LogP contribution in [-0.2, 0) is 20.9 Å². The zero-order valence-electron chi connectivity index (χ0n) is 21.3. The second-order valence-corrected chi connectivity index (χ2v) is 14.0. The fourth-order valence-corrected chi connectivity index (χ4v) is 7.20. The third-order valence-electron chi connectivity index (χ3n) is 7.23. The molecule has 7 heteroatoms. The summed E-state index contributed by atoms with van der Waals surface area (Å²) < 4.78 is 14.0. The topological polar surface area (TPSA) is 52.6 Å². The van der Waals surface area contributed by atoms with Crippen LogP contribution in [-0.4, -0.2) is 11.6 Å². The summed E-state index contributed by atoms with van der Waals surface area (Å²) in [5, 5.41) is 0.676. The molecule has 3 aliphatic rings. The summed E-state index contributed by atoms with van der Waals surface area (Å²) in [6, 6.07) is 11.4. The summed E-state index contributed by atoms with van der Waals surface area (Å²) in [4.78, 5) is 27.1. The van der Waals surface area contributed by atoms with Crippen molar-refractivity contribution in [3.63, 3.8) is 0 Å². The van der Waals surface area contributed by atoms with E-state index in [-0.39, 0.29) is 22.4 Å². The lowest BCUT2D eigenvalue weighted by Gasteiger charge is -2.42. The van der Waals surface area contributed by atoms with Crippen LogP contribution in [0.5, 0.6) is 5.75 Å². The van der Waals surface area contributed by atoms with E-state index in [1.807, 2.05) is 36.4 Å². The molecule has 2 aromatic carbocycles. The standard InChI is InChI=1S/C30H29Br2ClO4/c1-29(2)11-21(34)26-23(13-29)37-24-14-30(3,4)12-22(35)27(24)25(26)17-9-19(31)28(20(32)10-17)36-15-16-5-7-18(33)8-6-16/h5-10,25H,11-15H2,1-4H3. The molecule has 0 saturated heterocycles. The third-order valence-corrected chi connectivity index (χ3v) is 8.66. The summed E-state index contributed by atoms with van der Waals surface area (Å²) in [7, 11) is 0. The van der Waals surface area contributed by atoms with E-state index < -0.39 is 5.92 Å². The number of ketones is 2. The molecule has 4 nitrogen and oxygen atoms in total. The molecule has 2 aliphatic carbocycles. The highest BCUT2D eigenvalue weighted by Gasteiger charge is 2.48. The van der Waals surface area contributed by atoms with Crippen molar-refractivity contribution in [1.82, 2.24) is 0 Å². The predicted octanol–water partition coefficient (Wildman–Crippen LogP) is 8.84. The van der Waals surface area contributed by atoms with Crippen LogP contribution in [0.2, 0.25) is 5.02 Å². The van der Waals surface area contributed by atoms with Crippen molar-refractivity contribution in [1.29, 1.82) is 0 Å². The van der Waals surface area contributed by atoms with E-state index in [1.165, 1.54) is 0 Å². The van der Waals surface area contributed by atoms with Crippen LogP contribution < -0.4 is 4.74 Å². The number of carbonyl (C=O) groups excluding carboxylic acids is 2. The fourth-order valence-electron chi connectivity index (χ4n) is 5.63. The molecule has 0 amide bonds. The molecule has 1 aliphatic heterocycles. The second-order valence-electron chi connectivity index (χ2n) is 11.8. The summed E-state index contributed by atoms with van der Waals surface area (Å²) in [6.45, 7) is 8.73. The van der Waals surface area contributed by atoms with Gasteiger partial charge in [-0.15, -0.1) is 0 Å². The highest BCUT2D eigenvalue weighted by atomic mass is 79.9. The molecular weight excluding hydrogens is 620 g/mol. The van der Waals surface area contributed by atoms with E-state index in [0.717, 1.165) is 20.1 Å². The van der Waals surface area contributed by atoms with Crippen molar-refractivity contribution in [3.8, 4) is 5.75 Å². The number of hydrogen-bond acceptors (Lipinski definition) is 4. The number of Topliss-reactive ketones (excluding diaryl/α,β-unsaturated/α-hetero) is 2. The number of halogens is 3. The maximum Gasteiger partial charge on any atom is 0.163 e. The number of benzene rings is 2. The summed E-state index contributed by atoms with van der Waals surface area (Å²) in [6.07, 6.45) is 2.19. The Morgan fingerprint density at radius 2 is 1.35 bits per heavy atom. The van der Waals surface area contributed by atoms with Crippen molar-refractivity contribution < 1.29 is 19.1 Å². The first-order chi connectivity index (χ1) is 17.3. The molecule has 0 unspecified atom stereocenters. The van der Waals surface area contributed by atoms with E-state index in [9.17, 15) is 9.59 Å². The minimum absolute atomic E-state index is 0.0516. The van der Waals surface area contributed by atoms with E-state index in [1.54, 1.807) is 0 Å². The van der Waals surface area contributed by atoms with Crippen molar-refractivity contribution in [2.45, 2.75) is 65.9 Å². The zero-order valence-corrected chi connectivity index (χ0v) is 25.3. The van der Waals surface area contributed by atoms with Gasteiger partial charge in [-0.05, 0) is 78.1 Å². The number of rotatable bonds is 4. The average Bonchev–Trinajstić information content (AvgIpc) is 2.76. The van der Waals surface area contributed by atoms with Gasteiger partial charge in [0.25, 0.3) is 0 Å². The maximum absolute atomic E-state index is 13.5. The number of ether oxygens (including phenoxy) is 2. The number of hydrogen-bond donors (Lipinski definition) is 0. The van der Waals surface area contributed by atoms with Gasteiger partial charge < -0.3 is 9.47 Å². The molecule has 0 spiro atoms. The Morgan fingerprint density at radius 1 is 0.865 bits per heavy atom. The normalized spacial score (nSPS) is 20.9. The molecule has 2 aromatic rings. The quantitative estimate of drug-likeness (QED) is 0.333. The van der Waals surface area contributed by atoms with Crippen molar-refractivity contribution in [2.75, 3.05) is 0 Å². The largest absolute Gasteiger partial charge is 0.487 e. The van der Waals surface area contributed by atoms with Gasteiger partial charge in [-0.2, -0.15) is 0 Å². The first-order valence-corrected chi connectivity index (χ1v) is 14.4. The molecule has 0 aromatic heterocycles. The maximum atomic E-state index is 13.5. The fraction of sp³-hybridized carbons (Fsp3) is 0.400. The van der Waals surface area contributed by atoms with Gasteiger partial charge in [0.15, 0.2) is 11.6 Å². The smallest absolute Gasteiger partial charge is 0.163 e. The number of carbonyl (C=O) groups is 2. The van der Waals surface area contributed by atoms with Gasteiger partial charge in [0.1, 0.15) is 23.9 Å². The minimum Gasteiger partial charge on any atom is -0.487 e. The average molecular weight is 649 g/mol. The van der Waals surface area contributed by atoms with Gasteiger partial charge in [-0.3, -0.25) is 9.59 Å². The molecule has 0 radical (unpaired) electrons. The van der Waals surface area contributed by atoms with Crippen molar-refractivity contribution in [2.24, 2.45) is 10.8 Å². The molecule has 0 N–H and O–H groups in total. The van der Waals surface area contributed by atoms with Gasteiger partial charge in [-0.1, -0.05) is 51.4 Å². The van der Waals surface area contributed by atoms with Crippen LogP contribution in [0.25, 0.3) is 0 Å². The van der Waals surface area contributed by atoms with Crippen LogP contribution in [0.15, 0.2) is 68.0 Å². The monoisotopic (exact) mass is 646 g/mol. The Hall–Kier alpha value is -1.89. The molecule has 5 rings (SSSR count). The van der Waals surface area contributed by atoms with Crippen LogP contribution in [0.4, 0.5) is 0 Å².